The number of ketones is 1. The Bertz CT molecular complexity index is 494. The summed E-state index contributed by atoms with van der Waals surface area (Å²) in [5.74, 6) is -0.163. The van der Waals surface area contributed by atoms with Gasteiger partial charge in [-0.3, -0.25) is 14.4 Å². The summed E-state index contributed by atoms with van der Waals surface area (Å²) in [6.07, 6.45) is 1.73. The van der Waals surface area contributed by atoms with E-state index in [9.17, 15) is 14.4 Å². The van der Waals surface area contributed by atoms with Gasteiger partial charge in [-0.2, -0.15) is 0 Å². The number of amides is 2. The molecule has 2 fully saturated rings. The van der Waals surface area contributed by atoms with Gasteiger partial charge in [0.1, 0.15) is 6.04 Å². The van der Waals surface area contributed by atoms with E-state index in [4.69, 9.17) is 11.5 Å². The number of nitrogens with zero attached hydrogens (tertiary/aromatic N) is 2. The third kappa shape index (κ3) is 3.40. The summed E-state index contributed by atoms with van der Waals surface area (Å²) in [5.41, 5.74) is 11.8. The molecule has 0 radical (unpaired) electrons. The van der Waals surface area contributed by atoms with Crippen LogP contribution in [0.4, 0.5) is 0 Å². The van der Waals surface area contributed by atoms with Crippen LogP contribution >= 0.6 is 0 Å². The topological polar surface area (TPSA) is 110 Å². The first-order valence-electron chi connectivity index (χ1n) is 8.42. The first-order chi connectivity index (χ1) is 10.8. The lowest BCUT2D eigenvalue weighted by Crippen LogP contribution is -2.50. The summed E-state index contributed by atoms with van der Waals surface area (Å²) in [6, 6.07) is -1.98. The zero-order chi connectivity index (χ0) is 17.3. The van der Waals surface area contributed by atoms with Gasteiger partial charge in [0, 0.05) is 6.54 Å². The van der Waals surface area contributed by atoms with Gasteiger partial charge in [0.05, 0.1) is 24.7 Å². The summed E-state index contributed by atoms with van der Waals surface area (Å²) in [4.78, 5) is 40.4. The monoisotopic (exact) mass is 324 g/mol. The molecule has 0 bridgehead atoms. The van der Waals surface area contributed by atoms with Gasteiger partial charge < -0.3 is 21.3 Å². The Kier molecular flexibility index (Phi) is 5.41. The molecule has 0 aromatic rings. The standard InChI is InChI=1S/C16H28N4O3/c1-4-10(17)15(22)20-8-13(21)14-12(20)5-6-19(14)16(23)11(18)7-9(2)3/h9-12,14H,4-8,17-18H2,1-3H3. The van der Waals surface area contributed by atoms with Crippen LogP contribution < -0.4 is 11.5 Å². The Hall–Kier alpha value is -1.47. The Morgan fingerprint density at radius 2 is 1.78 bits per heavy atom. The van der Waals surface area contributed by atoms with Crippen LogP contribution in [0.5, 0.6) is 0 Å². The maximum atomic E-state index is 12.6. The molecule has 2 rings (SSSR count). The number of carbonyl (C=O) groups excluding carboxylic acids is 3. The molecule has 4 unspecified atom stereocenters. The molecule has 4 atom stereocenters. The molecule has 2 aliphatic rings. The molecule has 2 heterocycles. The van der Waals surface area contributed by atoms with Crippen LogP contribution in [0.3, 0.4) is 0 Å². The maximum absolute atomic E-state index is 12.6. The predicted molar refractivity (Wildman–Crippen MR) is 86.3 cm³/mol. The van der Waals surface area contributed by atoms with Gasteiger partial charge in [0.25, 0.3) is 0 Å². The van der Waals surface area contributed by atoms with E-state index in [0.29, 0.717) is 31.7 Å². The largest absolute Gasteiger partial charge is 0.329 e. The predicted octanol–water partition coefficient (Wildman–Crippen LogP) is -0.522. The fraction of sp³-hybridized carbons (Fsp3) is 0.812. The van der Waals surface area contributed by atoms with Crippen molar-refractivity contribution >= 4 is 17.6 Å². The Labute approximate surface area is 137 Å². The van der Waals surface area contributed by atoms with E-state index < -0.39 is 18.1 Å². The molecule has 130 valence electrons. The lowest BCUT2D eigenvalue weighted by Gasteiger charge is -2.27. The Balaban J connectivity index is 2.11. The number of carbonyl (C=O) groups is 3. The van der Waals surface area contributed by atoms with E-state index in [-0.39, 0.29) is 30.2 Å². The number of hydrogen-bond donors (Lipinski definition) is 2. The van der Waals surface area contributed by atoms with Crippen LogP contribution in [0.1, 0.15) is 40.0 Å². The SMILES string of the molecule is CCC(N)C(=O)N1CC(=O)C2C1CCN2C(=O)C(N)CC(C)C. The van der Waals surface area contributed by atoms with Gasteiger partial charge in [-0.1, -0.05) is 20.8 Å². The summed E-state index contributed by atoms with van der Waals surface area (Å²) in [7, 11) is 0. The second-order valence-corrected chi connectivity index (χ2v) is 7.02. The fourth-order valence-corrected chi connectivity index (χ4v) is 3.57. The molecule has 4 N–H and O–H groups in total. The van der Waals surface area contributed by atoms with E-state index in [1.54, 1.807) is 9.80 Å². The molecule has 7 heteroatoms. The lowest BCUT2D eigenvalue weighted by atomic mass is 10.0. The minimum Gasteiger partial charge on any atom is -0.329 e. The first kappa shape index (κ1) is 17.9. The van der Waals surface area contributed by atoms with Gasteiger partial charge in [-0.25, -0.2) is 0 Å². The van der Waals surface area contributed by atoms with Crippen LogP contribution in [0.15, 0.2) is 0 Å². The van der Waals surface area contributed by atoms with Crippen molar-refractivity contribution in [3.63, 3.8) is 0 Å². The van der Waals surface area contributed by atoms with E-state index in [1.165, 1.54) is 0 Å². The van der Waals surface area contributed by atoms with Crippen molar-refractivity contribution in [3.05, 3.63) is 0 Å². The smallest absolute Gasteiger partial charge is 0.240 e. The van der Waals surface area contributed by atoms with Gasteiger partial charge in [-0.05, 0) is 25.2 Å². The van der Waals surface area contributed by atoms with E-state index in [0.717, 1.165) is 0 Å². The molecule has 2 aliphatic heterocycles. The van der Waals surface area contributed by atoms with Crippen LogP contribution in [0, 0.1) is 5.92 Å². The highest BCUT2D eigenvalue weighted by molar-refractivity contribution is 5.99. The molecule has 2 amide bonds. The van der Waals surface area contributed by atoms with E-state index in [2.05, 4.69) is 0 Å². The molecule has 2 saturated heterocycles. The maximum Gasteiger partial charge on any atom is 0.240 e. The van der Waals surface area contributed by atoms with Crippen molar-refractivity contribution in [2.45, 2.75) is 64.2 Å². The van der Waals surface area contributed by atoms with Gasteiger partial charge in [-0.15, -0.1) is 0 Å². The second-order valence-electron chi connectivity index (χ2n) is 7.02. The molecule has 0 aliphatic carbocycles. The third-order valence-electron chi connectivity index (χ3n) is 4.79. The van der Waals surface area contributed by atoms with Gasteiger partial charge >= 0.3 is 0 Å². The van der Waals surface area contributed by atoms with Gasteiger partial charge in [0.2, 0.25) is 11.8 Å². The first-order valence-corrected chi connectivity index (χ1v) is 8.42. The van der Waals surface area contributed by atoms with Crippen molar-refractivity contribution in [2.24, 2.45) is 17.4 Å². The van der Waals surface area contributed by atoms with Crippen molar-refractivity contribution in [1.82, 2.24) is 9.80 Å². The molecule has 0 spiro atoms. The van der Waals surface area contributed by atoms with E-state index in [1.807, 2.05) is 20.8 Å². The lowest BCUT2D eigenvalue weighted by molar-refractivity contribution is -0.137. The average molecular weight is 324 g/mol. The fourth-order valence-electron chi connectivity index (χ4n) is 3.57. The number of fused-ring (bicyclic) bond motifs is 1. The molecule has 0 aromatic heterocycles. The number of nitrogens with two attached hydrogens (primary N) is 2. The zero-order valence-electron chi connectivity index (χ0n) is 14.2. The summed E-state index contributed by atoms with van der Waals surface area (Å²) < 4.78 is 0. The summed E-state index contributed by atoms with van der Waals surface area (Å²) >= 11 is 0. The third-order valence-corrected chi connectivity index (χ3v) is 4.79. The summed E-state index contributed by atoms with van der Waals surface area (Å²) in [6.45, 7) is 6.37. The molecule has 0 aromatic carbocycles. The van der Waals surface area contributed by atoms with Crippen molar-refractivity contribution in [3.8, 4) is 0 Å². The molecule has 7 nitrogen and oxygen atoms in total. The van der Waals surface area contributed by atoms with E-state index >= 15 is 0 Å². The molecule has 23 heavy (non-hydrogen) atoms. The number of rotatable bonds is 5. The molecular formula is C16H28N4O3. The second kappa shape index (κ2) is 6.97. The van der Waals surface area contributed by atoms with Gasteiger partial charge in [0.15, 0.2) is 5.78 Å². The quantitative estimate of drug-likeness (QED) is 0.707. The van der Waals surface area contributed by atoms with Crippen LogP contribution in [-0.2, 0) is 14.4 Å². The minimum absolute atomic E-state index is 0.0467. The Morgan fingerprint density at radius 1 is 1.17 bits per heavy atom. The number of hydrogen-bond acceptors (Lipinski definition) is 5. The van der Waals surface area contributed by atoms with Crippen molar-refractivity contribution < 1.29 is 14.4 Å². The highest BCUT2D eigenvalue weighted by atomic mass is 16.2. The average Bonchev–Trinajstić information content (AvgIpc) is 3.06. The van der Waals surface area contributed by atoms with Crippen LogP contribution in [0.2, 0.25) is 0 Å². The minimum atomic E-state index is -0.593. The van der Waals surface area contributed by atoms with Crippen molar-refractivity contribution in [1.29, 1.82) is 0 Å². The Morgan fingerprint density at radius 3 is 2.35 bits per heavy atom. The number of likely N-dealkylation sites (tertiary alicyclic amines) is 2. The molecule has 0 saturated carbocycles. The van der Waals surface area contributed by atoms with Crippen molar-refractivity contribution in [2.75, 3.05) is 13.1 Å². The summed E-state index contributed by atoms with van der Waals surface area (Å²) in [5, 5.41) is 0. The van der Waals surface area contributed by atoms with Crippen LogP contribution in [0.25, 0.3) is 0 Å². The van der Waals surface area contributed by atoms with Crippen LogP contribution in [-0.4, -0.2) is 64.7 Å². The highest BCUT2D eigenvalue weighted by Crippen LogP contribution is 2.30. The zero-order valence-corrected chi connectivity index (χ0v) is 14.2. The normalized spacial score (nSPS) is 26.6. The highest BCUT2D eigenvalue weighted by Gasteiger charge is 2.52. The molecular weight excluding hydrogens is 296 g/mol. The number of Topliss-reactive ketones (excluding diaryl/α,β-unsaturated/α-hetero) is 1.